The molecule has 130 valence electrons. The molecule has 0 aromatic heterocycles. The van der Waals surface area contributed by atoms with Crippen molar-refractivity contribution in [3.05, 3.63) is 66.2 Å². The standard InChI is InChI=1S/C14H9Cl2N3O6/c1-25-13-11(18(21)22)5-8(6-12(13)19(23)24)17-14(20)9-4-7(15)2-3-10(9)16/h2-6H,1H3,(H,17,20). The molecule has 0 aliphatic rings. The number of hydrogen-bond donors (Lipinski definition) is 1. The Labute approximate surface area is 150 Å². The summed E-state index contributed by atoms with van der Waals surface area (Å²) in [5.74, 6) is -1.25. The Morgan fingerprint density at radius 1 is 1.08 bits per heavy atom. The number of hydrogen-bond acceptors (Lipinski definition) is 6. The normalized spacial score (nSPS) is 10.2. The number of amides is 1. The van der Waals surface area contributed by atoms with Crippen LogP contribution >= 0.6 is 23.2 Å². The average molecular weight is 386 g/mol. The van der Waals surface area contributed by atoms with Gasteiger partial charge in [0.15, 0.2) is 0 Å². The number of nitrogens with zero attached hydrogens (tertiary/aromatic N) is 2. The molecular formula is C14H9Cl2N3O6. The lowest BCUT2D eigenvalue weighted by atomic mass is 10.2. The number of methoxy groups -OCH3 is 1. The lowest BCUT2D eigenvalue weighted by molar-refractivity contribution is -0.395. The third-order valence-corrected chi connectivity index (χ3v) is 3.64. The fourth-order valence-electron chi connectivity index (χ4n) is 2.02. The Hall–Kier alpha value is -2.91. The second kappa shape index (κ2) is 7.32. The van der Waals surface area contributed by atoms with E-state index in [2.05, 4.69) is 5.32 Å². The molecule has 0 saturated heterocycles. The van der Waals surface area contributed by atoms with Gasteiger partial charge in [0.1, 0.15) is 0 Å². The molecule has 2 aromatic rings. The summed E-state index contributed by atoms with van der Waals surface area (Å²) in [4.78, 5) is 32.8. The van der Waals surface area contributed by atoms with E-state index in [0.717, 1.165) is 19.2 Å². The molecular weight excluding hydrogens is 377 g/mol. The van der Waals surface area contributed by atoms with Gasteiger partial charge >= 0.3 is 11.4 Å². The number of rotatable bonds is 5. The number of anilines is 1. The minimum atomic E-state index is -0.853. The number of nitro groups is 2. The van der Waals surface area contributed by atoms with Crippen molar-refractivity contribution < 1.29 is 19.4 Å². The van der Waals surface area contributed by atoms with Gasteiger partial charge in [-0.05, 0) is 18.2 Å². The topological polar surface area (TPSA) is 125 Å². The van der Waals surface area contributed by atoms with Crippen LogP contribution in [0.1, 0.15) is 10.4 Å². The van der Waals surface area contributed by atoms with E-state index in [1.807, 2.05) is 0 Å². The summed E-state index contributed by atoms with van der Waals surface area (Å²) in [5, 5.41) is 24.9. The van der Waals surface area contributed by atoms with E-state index in [1.54, 1.807) is 0 Å². The van der Waals surface area contributed by atoms with Crippen LogP contribution in [0.25, 0.3) is 0 Å². The molecule has 0 saturated carbocycles. The largest absolute Gasteiger partial charge is 0.485 e. The molecule has 1 N–H and O–H groups in total. The summed E-state index contributed by atoms with van der Waals surface area (Å²) >= 11 is 11.7. The van der Waals surface area contributed by atoms with Crippen LogP contribution in [0.3, 0.4) is 0 Å². The van der Waals surface area contributed by atoms with E-state index in [-0.39, 0.29) is 21.3 Å². The van der Waals surface area contributed by atoms with E-state index in [4.69, 9.17) is 27.9 Å². The quantitative estimate of drug-likeness (QED) is 0.610. The second-order valence-electron chi connectivity index (χ2n) is 4.64. The maximum atomic E-state index is 12.3. The molecule has 0 bridgehead atoms. The van der Waals surface area contributed by atoms with Crippen molar-refractivity contribution >= 4 is 46.2 Å². The number of carbonyl (C=O) groups excluding carboxylic acids is 1. The molecule has 9 nitrogen and oxygen atoms in total. The van der Waals surface area contributed by atoms with Gasteiger partial charge in [-0.1, -0.05) is 23.2 Å². The van der Waals surface area contributed by atoms with Gasteiger partial charge in [-0.3, -0.25) is 25.0 Å². The number of nitrogens with one attached hydrogen (secondary N) is 1. The third kappa shape index (κ3) is 3.95. The molecule has 0 atom stereocenters. The molecule has 0 aliphatic heterocycles. The summed E-state index contributed by atoms with van der Waals surface area (Å²) in [7, 11) is 1.07. The van der Waals surface area contributed by atoms with Crippen LogP contribution in [0, 0.1) is 20.2 Å². The Morgan fingerprint density at radius 3 is 2.12 bits per heavy atom. The van der Waals surface area contributed by atoms with Gasteiger partial charge in [0.25, 0.3) is 11.7 Å². The fourth-order valence-corrected chi connectivity index (χ4v) is 2.40. The zero-order valence-electron chi connectivity index (χ0n) is 12.5. The van der Waals surface area contributed by atoms with Gasteiger partial charge in [-0.25, -0.2) is 0 Å². The first-order valence-electron chi connectivity index (χ1n) is 6.51. The number of benzene rings is 2. The van der Waals surface area contributed by atoms with Crippen molar-refractivity contribution in [2.75, 3.05) is 12.4 Å². The zero-order chi connectivity index (χ0) is 18.7. The van der Waals surface area contributed by atoms with Gasteiger partial charge in [0.2, 0.25) is 0 Å². The van der Waals surface area contributed by atoms with E-state index in [0.29, 0.717) is 0 Å². The van der Waals surface area contributed by atoms with Crippen LogP contribution in [0.5, 0.6) is 5.75 Å². The van der Waals surface area contributed by atoms with Gasteiger partial charge < -0.3 is 10.1 Å². The van der Waals surface area contributed by atoms with Crippen LogP contribution in [0.4, 0.5) is 17.1 Å². The van der Waals surface area contributed by atoms with E-state index < -0.39 is 32.9 Å². The Bertz CT molecular complexity index is 852. The fraction of sp³-hybridized carbons (Fsp3) is 0.0714. The lowest BCUT2D eigenvalue weighted by Crippen LogP contribution is -2.13. The zero-order valence-corrected chi connectivity index (χ0v) is 14.0. The number of carbonyl (C=O) groups is 1. The SMILES string of the molecule is COc1c([N+](=O)[O-])cc(NC(=O)c2cc(Cl)ccc2Cl)cc1[N+](=O)[O-]. The first-order valence-corrected chi connectivity index (χ1v) is 7.27. The smallest absolute Gasteiger partial charge is 0.320 e. The summed E-state index contributed by atoms with van der Waals surface area (Å²) in [6.45, 7) is 0. The van der Waals surface area contributed by atoms with Crippen LogP contribution in [0.2, 0.25) is 10.0 Å². The summed E-state index contributed by atoms with van der Waals surface area (Å²) in [5.41, 5.74) is -1.48. The molecule has 0 radical (unpaired) electrons. The minimum Gasteiger partial charge on any atom is -0.485 e. The minimum absolute atomic E-state index is 0.00953. The lowest BCUT2D eigenvalue weighted by Gasteiger charge is -2.09. The first kappa shape index (κ1) is 18.4. The molecule has 0 aliphatic carbocycles. The summed E-state index contributed by atoms with van der Waals surface area (Å²) in [6.07, 6.45) is 0. The average Bonchev–Trinajstić information content (AvgIpc) is 2.55. The molecule has 2 aromatic carbocycles. The van der Waals surface area contributed by atoms with Gasteiger partial charge in [0, 0.05) is 17.2 Å². The van der Waals surface area contributed by atoms with Gasteiger partial charge in [0.05, 0.1) is 33.2 Å². The number of halogens is 2. The van der Waals surface area contributed by atoms with Gasteiger partial charge in [-0.15, -0.1) is 0 Å². The van der Waals surface area contributed by atoms with Crippen LogP contribution in [-0.2, 0) is 0 Å². The maximum absolute atomic E-state index is 12.3. The predicted octanol–water partition coefficient (Wildman–Crippen LogP) is 4.07. The predicted molar refractivity (Wildman–Crippen MR) is 90.7 cm³/mol. The monoisotopic (exact) mass is 385 g/mol. The Morgan fingerprint density at radius 2 is 1.64 bits per heavy atom. The highest BCUT2D eigenvalue weighted by Gasteiger charge is 2.28. The van der Waals surface area contributed by atoms with Crippen molar-refractivity contribution in [1.29, 1.82) is 0 Å². The van der Waals surface area contributed by atoms with Crippen LogP contribution in [-0.4, -0.2) is 22.9 Å². The molecule has 1 amide bonds. The highest BCUT2D eigenvalue weighted by Crippen LogP contribution is 2.39. The first-order chi connectivity index (χ1) is 11.7. The molecule has 2 rings (SSSR count). The second-order valence-corrected chi connectivity index (χ2v) is 5.48. The van der Waals surface area contributed by atoms with Crippen molar-refractivity contribution in [3.8, 4) is 5.75 Å². The maximum Gasteiger partial charge on any atom is 0.320 e. The molecule has 0 heterocycles. The third-order valence-electron chi connectivity index (χ3n) is 3.08. The summed E-state index contributed by atoms with van der Waals surface area (Å²) in [6, 6.07) is 6.07. The molecule has 0 unspecified atom stereocenters. The molecule has 25 heavy (non-hydrogen) atoms. The molecule has 0 fully saturated rings. The van der Waals surface area contributed by atoms with Crippen LogP contribution in [0.15, 0.2) is 30.3 Å². The van der Waals surface area contributed by atoms with Crippen molar-refractivity contribution in [2.45, 2.75) is 0 Å². The van der Waals surface area contributed by atoms with E-state index in [1.165, 1.54) is 18.2 Å². The van der Waals surface area contributed by atoms with Crippen molar-refractivity contribution in [3.63, 3.8) is 0 Å². The number of nitro benzene ring substituents is 2. The molecule has 0 spiro atoms. The van der Waals surface area contributed by atoms with Gasteiger partial charge in [-0.2, -0.15) is 0 Å². The summed E-state index contributed by atoms with van der Waals surface area (Å²) < 4.78 is 4.74. The van der Waals surface area contributed by atoms with E-state index >= 15 is 0 Å². The van der Waals surface area contributed by atoms with E-state index in [9.17, 15) is 25.0 Å². The van der Waals surface area contributed by atoms with Crippen molar-refractivity contribution in [2.24, 2.45) is 0 Å². The van der Waals surface area contributed by atoms with Crippen molar-refractivity contribution in [1.82, 2.24) is 0 Å². The number of ether oxygens (including phenoxy) is 1. The Kier molecular flexibility index (Phi) is 5.40. The highest BCUT2D eigenvalue weighted by molar-refractivity contribution is 6.36. The molecule has 11 heteroatoms. The Balaban J connectivity index is 2.49. The van der Waals surface area contributed by atoms with Crippen LogP contribution < -0.4 is 10.1 Å². The highest BCUT2D eigenvalue weighted by atomic mass is 35.5.